The predicted octanol–water partition coefficient (Wildman–Crippen LogP) is 3.71. The van der Waals surface area contributed by atoms with Gasteiger partial charge in [0.2, 0.25) is 0 Å². The zero-order chi connectivity index (χ0) is 18.4. The molecule has 0 amide bonds. The molecule has 0 spiro atoms. The fraction of sp³-hybridized carbons (Fsp3) is 0.222. The molecule has 0 atom stereocenters. The highest BCUT2D eigenvalue weighted by Gasteiger charge is 2.08. The highest BCUT2D eigenvalue weighted by Crippen LogP contribution is 2.17. The summed E-state index contributed by atoms with van der Waals surface area (Å²) < 4.78 is 28.6. The minimum atomic E-state index is -2.86. The van der Waals surface area contributed by atoms with Crippen molar-refractivity contribution in [2.75, 3.05) is 5.32 Å². The number of pyridine rings is 2. The number of ether oxygens (including phenoxy) is 1. The Bertz CT molecular complexity index is 844. The molecule has 0 unspecified atom stereocenters. The fourth-order valence-electron chi connectivity index (χ4n) is 2.25. The van der Waals surface area contributed by atoms with E-state index in [9.17, 15) is 8.78 Å². The van der Waals surface area contributed by atoms with Crippen molar-refractivity contribution in [3.63, 3.8) is 0 Å². The van der Waals surface area contributed by atoms with Gasteiger partial charge in [-0.3, -0.25) is 9.97 Å². The lowest BCUT2D eigenvalue weighted by atomic mass is 10.2. The zero-order valence-corrected chi connectivity index (χ0v) is 14.1. The van der Waals surface area contributed by atoms with Gasteiger partial charge >= 0.3 is 6.61 Å². The van der Waals surface area contributed by atoms with Crippen LogP contribution in [0.1, 0.15) is 18.3 Å². The van der Waals surface area contributed by atoms with E-state index in [4.69, 9.17) is 0 Å². The molecule has 3 aromatic rings. The number of hydrogen-bond donors (Lipinski definition) is 1. The van der Waals surface area contributed by atoms with Crippen molar-refractivity contribution in [3.05, 3.63) is 60.2 Å². The third kappa shape index (κ3) is 4.69. The van der Waals surface area contributed by atoms with E-state index >= 15 is 0 Å². The third-order valence-corrected chi connectivity index (χ3v) is 3.51. The molecule has 0 saturated heterocycles. The molecule has 3 rings (SSSR count). The number of aryl methyl sites for hydroxylation is 1. The highest BCUT2D eigenvalue weighted by atomic mass is 19.3. The van der Waals surface area contributed by atoms with Crippen molar-refractivity contribution < 1.29 is 13.5 Å². The molecular formula is C18H17F2N5O. The summed E-state index contributed by atoms with van der Waals surface area (Å²) in [4.78, 5) is 17.4. The highest BCUT2D eigenvalue weighted by molar-refractivity contribution is 5.53. The Labute approximate surface area is 149 Å². The second-order valence-corrected chi connectivity index (χ2v) is 5.35. The largest absolute Gasteiger partial charge is 0.433 e. The third-order valence-electron chi connectivity index (χ3n) is 3.51. The predicted molar refractivity (Wildman–Crippen MR) is 92.8 cm³/mol. The summed E-state index contributed by atoms with van der Waals surface area (Å²) in [5, 5.41) is 3.18. The number of alkyl halides is 2. The number of halogens is 2. The van der Waals surface area contributed by atoms with Crippen LogP contribution in [0.3, 0.4) is 0 Å². The summed E-state index contributed by atoms with van der Waals surface area (Å²) in [6.45, 7) is -0.465. The SMILES string of the molecule is CCc1cc(NCc2ccc(OC(F)F)cn2)nc(-c2ccccn2)n1. The van der Waals surface area contributed by atoms with Crippen molar-refractivity contribution in [1.29, 1.82) is 0 Å². The van der Waals surface area contributed by atoms with Crippen LogP contribution < -0.4 is 10.1 Å². The monoisotopic (exact) mass is 357 g/mol. The Morgan fingerprint density at radius 1 is 1.08 bits per heavy atom. The molecule has 0 aliphatic carbocycles. The van der Waals surface area contributed by atoms with Crippen LogP contribution in [-0.2, 0) is 13.0 Å². The number of hydrogen-bond acceptors (Lipinski definition) is 6. The van der Waals surface area contributed by atoms with Gasteiger partial charge in [-0.05, 0) is 30.7 Å². The van der Waals surface area contributed by atoms with Gasteiger partial charge in [-0.25, -0.2) is 9.97 Å². The van der Waals surface area contributed by atoms with Gasteiger partial charge in [0.1, 0.15) is 17.3 Å². The molecule has 1 N–H and O–H groups in total. The standard InChI is InChI=1S/C18H17F2N5O/c1-2-12-9-16(25-17(24-12)15-5-3-4-8-21-15)23-10-13-6-7-14(11-22-13)26-18(19)20/h3-9,11,18H,2,10H2,1H3,(H,23,24,25). The van der Waals surface area contributed by atoms with Crippen LogP contribution in [0, 0.1) is 0 Å². The van der Waals surface area contributed by atoms with E-state index in [1.54, 1.807) is 12.3 Å². The number of rotatable bonds is 7. The van der Waals surface area contributed by atoms with Crippen molar-refractivity contribution in [1.82, 2.24) is 19.9 Å². The van der Waals surface area contributed by atoms with E-state index < -0.39 is 6.61 Å². The first-order valence-corrected chi connectivity index (χ1v) is 8.07. The maximum atomic E-state index is 12.2. The molecule has 0 fully saturated rings. The molecule has 3 heterocycles. The summed E-state index contributed by atoms with van der Waals surface area (Å²) in [6, 6.07) is 10.5. The van der Waals surface area contributed by atoms with Gasteiger partial charge in [-0.15, -0.1) is 0 Å². The van der Waals surface area contributed by atoms with Crippen molar-refractivity contribution in [2.45, 2.75) is 26.5 Å². The number of anilines is 1. The van der Waals surface area contributed by atoms with E-state index in [1.165, 1.54) is 12.3 Å². The molecule has 0 saturated carbocycles. The van der Waals surface area contributed by atoms with Gasteiger partial charge in [0, 0.05) is 18.0 Å². The Morgan fingerprint density at radius 2 is 1.96 bits per heavy atom. The van der Waals surface area contributed by atoms with Crippen molar-refractivity contribution in [2.24, 2.45) is 0 Å². The lowest BCUT2D eigenvalue weighted by Gasteiger charge is -2.09. The van der Waals surface area contributed by atoms with E-state index in [2.05, 4.69) is 30.0 Å². The van der Waals surface area contributed by atoms with Crippen LogP contribution in [0.5, 0.6) is 5.75 Å². The average molecular weight is 357 g/mol. The molecule has 0 aliphatic heterocycles. The molecule has 134 valence electrons. The smallest absolute Gasteiger partial charge is 0.387 e. The lowest BCUT2D eigenvalue weighted by molar-refractivity contribution is -0.0500. The minimum Gasteiger partial charge on any atom is -0.433 e. The van der Waals surface area contributed by atoms with E-state index in [0.717, 1.165) is 12.1 Å². The molecule has 6 nitrogen and oxygen atoms in total. The topological polar surface area (TPSA) is 72.8 Å². The van der Waals surface area contributed by atoms with Gasteiger partial charge in [-0.1, -0.05) is 13.0 Å². The fourth-order valence-corrected chi connectivity index (χ4v) is 2.25. The van der Waals surface area contributed by atoms with E-state index in [1.807, 2.05) is 31.2 Å². The Balaban J connectivity index is 1.73. The van der Waals surface area contributed by atoms with Crippen LogP contribution in [0.15, 0.2) is 48.8 Å². The minimum absolute atomic E-state index is 0.0245. The van der Waals surface area contributed by atoms with Gasteiger partial charge in [0.15, 0.2) is 5.82 Å². The maximum Gasteiger partial charge on any atom is 0.387 e. The van der Waals surface area contributed by atoms with Gasteiger partial charge in [-0.2, -0.15) is 8.78 Å². The number of aromatic nitrogens is 4. The van der Waals surface area contributed by atoms with Crippen LogP contribution in [0.2, 0.25) is 0 Å². The Morgan fingerprint density at radius 3 is 2.62 bits per heavy atom. The second kappa shape index (κ2) is 8.28. The van der Waals surface area contributed by atoms with Gasteiger partial charge < -0.3 is 10.1 Å². The Hall–Kier alpha value is -3.16. The Kier molecular flexibility index (Phi) is 5.62. The molecule has 0 bridgehead atoms. The summed E-state index contributed by atoms with van der Waals surface area (Å²) in [6.07, 6.45) is 3.71. The number of nitrogens with zero attached hydrogens (tertiary/aromatic N) is 4. The molecule has 3 aromatic heterocycles. The van der Waals surface area contributed by atoms with Crippen LogP contribution in [0.25, 0.3) is 11.5 Å². The van der Waals surface area contributed by atoms with Crippen molar-refractivity contribution in [3.8, 4) is 17.3 Å². The van der Waals surface area contributed by atoms with Gasteiger partial charge in [0.05, 0.1) is 18.4 Å². The lowest BCUT2D eigenvalue weighted by Crippen LogP contribution is -2.07. The molecule has 0 aromatic carbocycles. The molecular weight excluding hydrogens is 340 g/mol. The molecule has 0 aliphatic rings. The first kappa shape index (κ1) is 17.7. The van der Waals surface area contributed by atoms with Crippen LogP contribution >= 0.6 is 0 Å². The summed E-state index contributed by atoms with van der Waals surface area (Å²) in [7, 11) is 0. The van der Waals surface area contributed by atoms with Gasteiger partial charge in [0.25, 0.3) is 0 Å². The average Bonchev–Trinajstić information content (AvgIpc) is 2.67. The van der Waals surface area contributed by atoms with E-state index in [-0.39, 0.29) is 5.75 Å². The van der Waals surface area contributed by atoms with Crippen molar-refractivity contribution >= 4 is 5.82 Å². The molecule has 0 radical (unpaired) electrons. The van der Waals surface area contributed by atoms with E-state index in [0.29, 0.717) is 29.6 Å². The molecule has 26 heavy (non-hydrogen) atoms. The summed E-state index contributed by atoms with van der Waals surface area (Å²) >= 11 is 0. The summed E-state index contributed by atoms with van der Waals surface area (Å²) in [5.74, 6) is 1.21. The summed E-state index contributed by atoms with van der Waals surface area (Å²) in [5.41, 5.74) is 2.25. The first-order valence-electron chi connectivity index (χ1n) is 8.07. The van der Waals surface area contributed by atoms with Crippen LogP contribution in [-0.4, -0.2) is 26.5 Å². The van der Waals surface area contributed by atoms with Crippen LogP contribution in [0.4, 0.5) is 14.6 Å². The maximum absolute atomic E-state index is 12.2. The molecule has 8 heteroatoms. The first-order chi connectivity index (χ1) is 12.6. The quantitative estimate of drug-likeness (QED) is 0.695. The zero-order valence-electron chi connectivity index (χ0n) is 14.1. The number of nitrogens with one attached hydrogen (secondary N) is 1. The normalized spacial score (nSPS) is 10.8. The second-order valence-electron chi connectivity index (χ2n) is 5.35.